The van der Waals surface area contributed by atoms with Crippen LogP contribution < -0.4 is 5.32 Å². The molecule has 0 aliphatic carbocycles. The van der Waals surface area contributed by atoms with Gasteiger partial charge in [-0.2, -0.15) is 0 Å². The van der Waals surface area contributed by atoms with Gasteiger partial charge in [0.05, 0.1) is 17.0 Å². The minimum absolute atomic E-state index is 0.0592. The molecule has 2 aliphatic heterocycles. The molecule has 182 valence electrons. The predicted octanol–water partition coefficient (Wildman–Crippen LogP) is 4.15. The molecular formula is C25H30ClN3O4S. The van der Waals surface area contributed by atoms with Crippen LogP contribution in [-0.2, 0) is 20.6 Å². The number of hydrogen-bond donors (Lipinski definition) is 1. The molecule has 0 saturated carbocycles. The highest BCUT2D eigenvalue weighted by molar-refractivity contribution is 7.88. The molecule has 2 heterocycles. The summed E-state index contributed by atoms with van der Waals surface area (Å²) >= 11 is 6.13. The summed E-state index contributed by atoms with van der Waals surface area (Å²) in [5.74, 6) is -0.710. The molecule has 0 radical (unpaired) electrons. The van der Waals surface area contributed by atoms with Gasteiger partial charge >= 0.3 is 0 Å². The molecule has 1 N–H and O–H groups in total. The summed E-state index contributed by atoms with van der Waals surface area (Å²) in [6, 6.07) is 14.0. The Morgan fingerprint density at radius 2 is 1.56 bits per heavy atom. The lowest BCUT2D eigenvalue weighted by atomic mass is 9.97. The predicted molar refractivity (Wildman–Crippen MR) is 133 cm³/mol. The molecule has 0 spiro atoms. The SMILES string of the molecule is O=C(Nc1ccccc1C(=O)N1CCCCC1)C1CCN(S(=O)(=O)Cc2ccccc2Cl)CC1. The third-order valence-corrected chi connectivity index (χ3v) is 8.77. The first-order valence-electron chi connectivity index (χ1n) is 11.8. The van der Waals surface area contributed by atoms with Gasteiger partial charge in [-0.25, -0.2) is 12.7 Å². The van der Waals surface area contributed by atoms with Gasteiger partial charge in [-0.15, -0.1) is 0 Å². The average Bonchev–Trinajstić information content (AvgIpc) is 2.86. The summed E-state index contributed by atoms with van der Waals surface area (Å²) in [5, 5.41) is 3.36. The summed E-state index contributed by atoms with van der Waals surface area (Å²) in [6.07, 6.45) is 3.98. The van der Waals surface area contributed by atoms with Crippen molar-refractivity contribution in [3.63, 3.8) is 0 Å². The number of likely N-dealkylation sites (tertiary alicyclic amines) is 1. The Bertz CT molecular complexity index is 1140. The number of nitrogens with one attached hydrogen (secondary N) is 1. The van der Waals surface area contributed by atoms with Crippen molar-refractivity contribution < 1.29 is 18.0 Å². The highest BCUT2D eigenvalue weighted by Gasteiger charge is 2.32. The van der Waals surface area contributed by atoms with Crippen LogP contribution in [0.3, 0.4) is 0 Å². The number of benzene rings is 2. The maximum atomic E-state index is 13.0. The fraction of sp³-hybridized carbons (Fsp3) is 0.440. The number of piperidine rings is 2. The standard InChI is InChI=1S/C25H30ClN3O4S/c26-22-10-4-2-8-20(22)18-34(32,33)29-16-12-19(13-17-29)24(30)27-23-11-5-3-9-21(23)25(31)28-14-6-1-7-15-28/h2-5,8-11,19H,1,6-7,12-18H2,(H,27,30). The zero-order chi connectivity index (χ0) is 24.1. The molecule has 2 amide bonds. The van der Waals surface area contributed by atoms with Gasteiger partial charge in [0.15, 0.2) is 0 Å². The number of amides is 2. The number of sulfonamides is 1. The number of anilines is 1. The molecule has 4 rings (SSSR count). The van der Waals surface area contributed by atoms with Gasteiger partial charge in [-0.05, 0) is 55.9 Å². The number of carbonyl (C=O) groups excluding carboxylic acids is 2. The lowest BCUT2D eigenvalue weighted by Crippen LogP contribution is -2.42. The van der Waals surface area contributed by atoms with Gasteiger partial charge in [0.2, 0.25) is 15.9 Å². The molecule has 7 nitrogen and oxygen atoms in total. The van der Waals surface area contributed by atoms with Gasteiger partial charge in [-0.3, -0.25) is 9.59 Å². The van der Waals surface area contributed by atoms with E-state index in [1.165, 1.54) is 4.31 Å². The third kappa shape index (κ3) is 5.79. The lowest BCUT2D eigenvalue weighted by molar-refractivity contribution is -0.120. The summed E-state index contributed by atoms with van der Waals surface area (Å²) in [7, 11) is -3.53. The average molecular weight is 504 g/mol. The van der Waals surface area contributed by atoms with Crippen molar-refractivity contribution in [2.45, 2.75) is 37.9 Å². The Morgan fingerprint density at radius 3 is 2.26 bits per heavy atom. The number of carbonyl (C=O) groups is 2. The van der Waals surface area contributed by atoms with E-state index >= 15 is 0 Å². The van der Waals surface area contributed by atoms with E-state index in [-0.39, 0.29) is 36.6 Å². The zero-order valence-electron chi connectivity index (χ0n) is 19.1. The number of hydrogen-bond acceptors (Lipinski definition) is 4. The second-order valence-electron chi connectivity index (χ2n) is 8.91. The van der Waals surface area contributed by atoms with Crippen molar-refractivity contribution in [2.75, 3.05) is 31.5 Å². The molecule has 2 fully saturated rings. The summed E-state index contributed by atoms with van der Waals surface area (Å²) < 4.78 is 27.2. The monoisotopic (exact) mass is 503 g/mol. The van der Waals surface area contributed by atoms with Gasteiger partial charge in [0.1, 0.15) is 0 Å². The van der Waals surface area contributed by atoms with Crippen molar-refractivity contribution in [3.05, 3.63) is 64.7 Å². The summed E-state index contributed by atoms with van der Waals surface area (Å²) in [5.41, 5.74) is 1.58. The van der Waals surface area contributed by atoms with E-state index in [4.69, 9.17) is 11.6 Å². The molecular weight excluding hydrogens is 474 g/mol. The van der Waals surface area contributed by atoms with Gasteiger partial charge in [-0.1, -0.05) is 41.9 Å². The van der Waals surface area contributed by atoms with Crippen molar-refractivity contribution >= 4 is 39.1 Å². The molecule has 2 aliphatic rings. The van der Waals surface area contributed by atoms with Crippen LogP contribution in [0.1, 0.15) is 48.0 Å². The van der Waals surface area contributed by atoms with Crippen LogP contribution in [0.2, 0.25) is 5.02 Å². The fourth-order valence-corrected chi connectivity index (χ4v) is 6.46. The first-order chi connectivity index (χ1) is 16.3. The van der Waals surface area contributed by atoms with Crippen molar-refractivity contribution in [1.82, 2.24) is 9.21 Å². The van der Waals surface area contributed by atoms with Crippen molar-refractivity contribution in [1.29, 1.82) is 0 Å². The highest BCUT2D eigenvalue weighted by atomic mass is 35.5. The highest BCUT2D eigenvalue weighted by Crippen LogP contribution is 2.26. The van der Waals surface area contributed by atoms with Crippen LogP contribution in [0.5, 0.6) is 0 Å². The molecule has 2 saturated heterocycles. The number of rotatable bonds is 6. The third-order valence-electron chi connectivity index (χ3n) is 6.57. The van der Waals surface area contributed by atoms with Crippen LogP contribution in [0.4, 0.5) is 5.69 Å². The molecule has 0 aromatic heterocycles. The van der Waals surface area contributed by atoms with Crippen LogP contribution >= 0.6 is 11.6 Å². The second-order valence-corrected chi connectivity index (χ2v) is 11.3. The number of para-hydroxylation sites is 1. The lowest BCUT2D eigenvalue weighted by Gasteiger charge is -2.31. The Hall–Kier alpha value is -2.42. The molecule has 0 atom stereocenters. The van der Waals surface area contributed by atoms with Crippen LogP contribution in [0.15, 0.2) is 48.5 Å². The molecule has 0 bridgehead atoms. The molecule has 34 heavy (non-hydrogen) atoms. The molecule has 9 heteroatoms. The van der Waals surface area contributed by atoms with E-state index in [0.29, 0.717) is 34.7 Å². The minimum atomic E-state index is -3.53. The van der Waals surface area contributed by atoms with Gasteiger partial charge < -0.3 is 10.2 Å². The minimum Gasteiger partial charge on any atom is -0.339 e. The number of halogens is 1. The Kier molecular flexibility index (Phi) is 7.91. The normalized spacial score (nSPS) is 18.0. The first kappa shape index (κ1) is 24.7. The van der Waals surface area contributed by atoms with Crippen molar-refractivity contribution in [2.24, 2.45) is 5.92 Å². The summed E-state index contributed by atoms with van der Waals surface area (Å²) in [4.78, 5) is 27.8. The number of nitrogens with zero attached hydrogens (tertiary/aromatic N) is 2. The molecule has 0 unspecified atom stereocenters. The quantitative estimate of drug-likeness (QED) is 0.641. The Balaban J connectivity index is 1.36. The second kappa shape index (κ2) is 10.9. The Labute approximate surface area is 206 Å². The van der Waals surface area contributed by atoms with E-state index in [0.717, 1.165) is 32.4 Å². The Morgan fingerprint density at radius 1 is 0.912 bits per heavy atom. The van der Waals surface area contributed by atoms with E-state index < -0.39 is 10.0 Å². The maximum Gasteiger partial charge on any atom is 0.255 e. The van der Waals surface area contributed by atoms with E-state index in [2.05, 4.69) is 5.32 Å². The van der Waals surface area contributed by atoms with Crippen molar-refractivity contribution in [3.8, 4) is 0 Å². The van der Waals surface area contributed by atoms with Crippen LogP contribution in [0.25, 0.3) is 0 Å². The maximum absolute atomic E-state index is 13.0. The largest absolute Gasteiger partial charge is 0.339 e. The van der Waals surface area contributed by atoms with Gasteiger partial charge in [0.25, 0.3) is 5.91 Å². The summed E-state index contributed by atoms with van der Waals surface area (Å²) in [6.45, 7) is 2.03. The van der Waals surface area contributed by atoms with Crippen LogP contribution in [-0.4, -0.2) is 55.6 Å². The van der Waals surface area contributed by atoms with Gasteiger partial charge in [0, 0.05) is 37.1 Å². The zero-order valence-corrected chi connectivity index (χ0v) is 20.7. The smallest absolute Gasteiger partial charge is 0.255 e. The topological polar surface area (TPSA) is 86.8 Å². The first-order valence-corrected chi connectivity index (χ1v) is 13.7. The van der Waals surface area contributed by atoms with E-state index in [1.54, 1.807) is 48.5 Å². The molecule has 2 aromatic rings. The van der Waals surface area contributed by atoms with E-state index in [1.807, 2.05) is 4.90 Å². The molecule has 2 aromatic carbocycles. The van der Waals surface area contributed by atoms with Crippen LogP contribution in [0, 0.1) is 5.92 Å². The fourth-order valence-electron chi connectivity index (χ4n) is 4.58. The van der Waals surface area contributed by atoms with E-state index in [9.17, 15) is 18.0 Å².